The third-order valence-electron chi connectivity index (χ3n) is 4.07. The molecule has 0 aliphatic heterocycles. The lowest BCUT2D eigenvalue weighted by Gasteiger charge is -2.20. The van der Waals surface area contributed by atoms with E-state index >= 15 is 0 Å². The van der Waals surface area contributed by atoms with E-state index < -0.39 is 41.9 Å². The standard InChI is InChI=1S/C20H29N3O7/c1-3-29-19(27)13(2)9-16(18(21)26)23-17(25)10-15(24)11-22-20(28)30-12-14-7-5-4-6-8-14/h4-8,13,15-16,24H,3,9-12H2,1-2H3,(H2,21,26)(H,22,28)(H,23,25)/t13-,15-,16+/m0/s1. The summed E-state index contributed by atoms with van der Waals surface area (Å²) in [6.45, 7) is 3.26. The Bertz CT molecular complexity index is 712. The van der Waals surface area contributed by atoms with Crippen LogP contribution >= 0.6 is 0 Å². The number of nitrogens with two attached hydrogens (primary N) is 1. The zero-order chi connectivity index (χ0) is 22.5. The van der Waals surface area contributed by atoms with Crippen LogP contribution in [0.2, 0.25) is 0 Å². The molecule has 3 atom stereocenters. The number of hydrogen-bond acceptors (Lipinski definition) is 7. The van der Waals surface area contributed by atoms with Crippen LogP contribution in [0.4, 0.5) is 4.79 Å². The topological polar surface area (TPSA) is 157 Å². The Hall–Kier alpha value is -3.14. The van der Waals surface area contributed by atoms with Crippen LogP contribution in [0.5, 0.6) is 0 Å². The highest BCUT2D eigenvalue weighted by molar-refractivity contribution is 5.87. The van der Waals surface area contributed by atoms with E-state index in [-0.39, 0.29) is 32.6 Å². The number of rotatable bonds is 12. The maximum absolute atomic E-state index is 12.1. The minimum atomic E-state index is -1.20. The lowest BCUT2D eigenvalue weighted by atomic mass is 10.0. The monoisotopic (exact) mass is 423 g/mol. The maximum atomic E-state index is 12.1. The van der Waals surface area contributed by atoms with Gasteiger partial charge < -0.3 is 30.9 Å². The average molecular weight is 423 g/mol. The Morgan fingerprint density at radius 1 is 1.13 bits per heavy atom. The maximum Gasteiger partial charge on any atom is 0.407 e. The summed E-state index contributed by atoms with van der Waals surface area (Å²) >= 11 is 0. The van der Waals surface area contributed by atoms with Crippen molar-refractivity contribution in [2.24, 2.45) is 11.7 Å². The van der Waals surface area contributed by atoms with Crippen LogP contribution in [0.15, 0.2) is 30.3 Å². The molecule has 0 aliphatic rings. The van der Waals surface area contributed by atoms with E-state index in [0.29, 0.717) is 0 Å². The molecule has 3 amide bonds. The smallest absolute Gasteiger partial charge is 0.407 e. The van der Waals surface area contributed by atoms with E-state index in [1.54, 1.807) is 26.0 Å². The predicted molar refractivity (Wildman–Crippen MR) is 107 cm³/mol. The van der Waals surface area contributed by atoms with Gasteiger partial charge in [-0.2, -0.15) is 0 Å². The quantitative estimate of drug-likeness (QED) is 0.350. The fraction of sp³-hybridized carbons (Fsp3) is 0.500. The van der Waals surface area contributed by atoms with Crippen LogP contribution in [0.25, 0.3) is 0 Å². The fourth-order valence-electron chi connectivity index (χ4n) is 2.50. The number of carbonyl (C=O) groups is 4. The van der Waals surface area contributed by atoms with Crippen molar-refractivity contribution in [3.63, 3.8) is 0 Å². The van der Waals surface area contributed by atoms with Gasteiger partial charge in [0.25, 0.3) is 0 Å². The minimum absolute atomic E-state index is 0.0277. The van der Waals surface area contributed by atoms with Gasteiger partial charge in [0.15, 0.2) is 0 Å². The van der Waals surface area contributed by atoms with Gasteiger partial charge in [0.05, 0.1) is 25.0 Å². The van der Waals surface area contributed by atoms with Crippen LogP contribution in [0.1, 0.15) is 32.3 Å². The molecular weight excluding hydrogens is 394 g/mol. The van der Waals surface area contributed by atoms with E-state index in [4.69, 9.17) is 15.2 Å². The Kier molecular flexibility index (Phi) is 10.9. The number of ether oxygens (including phenoxy) is 2. The number of nitrogens with one attached hydrogen (secondary N) is 2. The van der Waals surface area contributed by atoms with E-state index in [0.717, 1.165) is 5.56 Å². The summed E-state index contributed by atoms with van der Waals surface area (Å²) in [5.41, 5.74) is 6.08. The second kappa shape index (κ2) is 13.2. The normalized spacial score (nSPS) is 13.4. The average Bonchev–Trinajstić information content (AvgIpc) is 2.70. The van der Waals surface area contributed by atoms with Crippen LogP contribution < -0.4 is 16.4 Å². The zero-order valence-corrected chi connectivity index (χ0v) is 17.1. The molecule has 166 valence electrons. The Morgan fingerprint density at radius 2 is 1.80 bits per heavy atom. The Labute approximate surface area is 175 Å². The Morgan fingerprint density at radius 3 is 2.40 bits per heavy atom. The van der Waals surface area contributed by atoms with Gasteiger partial charge in [0, 0.05) is 6.54 Å². The molecule has 1 rings (SSSR count). The molecule has 0 spiro atoms. The van der Waals surface area contributed by atoms with Gasteiger partial charge >= 0.3 is 12.1 Å². The van der Waals surface area contributed by atoms with Crippen molar-refractivity contribution < 1.29 is 33.8 Å². The molecule has 0 fully saturated rings. The second-order valence-electron chi connectivity index (χ2n) is 6.71. The molecule has 0 bridgehead atoms. The third kappa shape index (κ3) is 9.87. The molecule has 0 radical (unpaired) electrons. The summed E-state index contributed by atoms with van der Waals surface area (Å²) in [6, 6.07) is 7.96. The zero-order valence-electron chi connectivity index (χ0n) is 17.1. The van der Waals surface area contributed by atoms with E-state index in [1.165, 1.54) is 0 Å². The van der Waals surface area contributed by atoms with Crippen molar-refractivity contribution in [1.29, 1.82) is 0 Å². The first-order valence-corrected chi connectivity index (χ1v) is 9.60. The summed E-state index contributed by atoms with van der Waals surface area (Å²) < 4.78 is 9.86. The second-order valence-corrected chi connectivity index (χ2v) is 6.71. The predicted octanol–water partition coefficient (Wildman–Crippen LogP) is 0.223. The SMILES string of the molecule is CCOC(=O)[C@@H](C)C[C@@H](NC(=O)C[C@H](O)CNC(=O)OCc1ccccc1)C(N)=O. The third-order valence-corrected chi connectivity index (χ3v) is 4.07. The first-order valence-electron chi connectivity index (χ1n) is 9.60. The lowest BCUT2D eigenvalue weighted by molar-refractivity contribution is -0.148. The van der Waals surface area contributed by atoms with Crippen LogP contribution in [-0.2, 0) is 30.5 Å². The molecule has 1 aromatic carbocycles. The van der Waals surface area contributed by atoms with Gasteiger partial charge in [-0.3, -0.25) is 14.4 Å². The van der Waals surface area contributed by atoms with Crippen molar-refractivity contribution in [2.45, 2.75) is 45.4 Å². The Balaban J connectivity index is 2.37. The molecular formula is C20H29N3O7. The summed E-state index contributed by atoms with van der Waals surface area (Å²) in [5.74, 6) is -2.61. The first-order chi connectivity index (χ1) is 14.2. The van der Waals surface area contributed by atoms with Gasteiger partial charge in [-0.25, -0.2) is 4.79 Å². The van der Waals surface area contributed by atoms with Gasteiger partial charge in [-0.15, -0.1) is 0 Å². The molecule has 0 unspecified atom stereocenters. The molecule has 30 heavy (non-hydrogen) atoms. The van der Waals surface area contributed by atoms with Gasteiger partial charge in [-0.05, 0) is 18.9 Å². The molecule has 0 saturated carbocycles. The van der Waals surface area contributed by atoms with Crippen molar-refractivity contribution in [3.05, 3.63) is 35.9 Å². The first kappa shape index (κ1) is 24.9. The number of aliphatic hydroxyl groups excluding tert-OH is 1. The summed E-state index contributed by atoms with van der Waals surface area (Å²) in [5, 5.41) is 14.7. The van der Waals surface area contributed by atoms with Gasteiger partial charge in [-0.1, -0.05) is 37.3 Å². The lowest BCUT2D eigenvalue weighted by Crippen LogP contribution is -2.47. The van der Waals surface area contributed by atoms with Gasteiger partial charge in [0.2, 0.25) is 11.8 Å². The van der Waals surface area contributed by atoms with Crippen molar-refractivity contribution in [3.8, 4) is 0 Å². The number of hydrogen-bond donors (Lipinski definition) is 4. The molecule has 0 aromatic heterocycles. The summed E-state index contributed by atoms with van der Waals surface area (Å²) in [4.78, 5) is 47.0. The van der Waals surface area contributed by atoms with Crippen LogP contribution in [0, 0.1) is 5.92 Å². The van der Waals surface area contributed by atoms with E-state index in [1.807, 2.05) is 18.2 Å². The molecule has 0 heterocycles. The van der Waals surface area contributed by atoms with E-state index in [2.05, 4.69) is 10.6 Å². The number of aliphatic hydroxyl groups is 1. The summed E-state index contributed by atoms with van der Waals surface area (Å²) in [6.07, 6.45) is -2.35. The fourth-order valence-corrected chi connectivity index (χ4v) is 2.50. The molecule has 10 heteroatoms. The van der Waals surface area contributed by atoms with Crippen molar-refractivity contribution >= 4 is 23.9 Å². The highest BCUT2D eigenvalue weighted by Crippen LogP contribution is 2.09. The highest BCUT2D eigenvalue weighted by atomic mass is 16.5. The number of amides is 3. The number of primary amides is 1. The molecule has 0 saturated heterocycles. The van der Waals surface area contributed by atoms with Crippen molar-refractivity contribution in [2.75, 3.05) is 13.2 Å². The number of benzene rings is 1. The van der Waals surface area contributed by atoms with Crippen LogP contribution in [0.3, 0.4) is 0 Å². The van der Waals surface area contributed by atoms with Gasteiger partial charge in [0.1, 0.15) is 12.6 Å². The molecule has 10 nitrogen and oxygen atoms in total. The largest absolute Gasteiger partial charge is 0.466 e. The minimum Gasteiger partial charge on any atom is -0.466 e. The molecule has 5 N–H and O–H groups in total. The van der Waals surface area contributed by atoms with Crippen LogP contribution in [-0.4, -0.2) is 54.3 Å². The molecule has 1 aromatic rings. The van der Waals surface area contributed by atoms with E-state index in [9.17, 15) is 24.3 Å². The summed E-state index contributed by atoms with van der Waals surface area (Å²) in [7, 11) is 0. The number of alkyl carbamates (subject to hydrolysis) is 1. The highest BCUT2D eigenvalue weighted by Gasteiger charge is 2.26. The number of carbonyl (C=O) groups excluding carboxylic acids is 4. The molecule has 0 aliphatic carbocycles. The van der Waals surface area contributed by atoms with Crippen molar-refractivity contribution in [1.82, 2.24) is 10.6 Å². The number of esters is 1.